The highest BCUT2D eigenvalue weighted by molar-refractivity contribution is 6.31. The Morgan fingerprint density at radius 3 is 2.41 bits per heavy atom. The van der Waals surface area contributed by atoms with Gasteiger partial charge in [-0.25, -0.2) is 9.59 Å². The van der Waals surface area contributed by atoms with E-state index in [1.54, 1.807) is 6.08 Å². The molecule has 0 aromatic heterocycles. The maximum absolute atomic E-state index is 10.5. The topological polar surface area (TPSA) is 83.6 Å². The third-order valence-corrected chi connectivity index (χ3v) is 3.51. The molecule has 0 saturated carbocycles. The Hall–Kier alpha value is -2.65. The second-order valence-corrected chi connectivity index (χ2v) is 4.94. The summed E-state index contributed by atoms with van der Waals surface area (Å²) in [6.07, 6.45) is 5.93. The lowest BCUT2D eigenvalue weighted by Crippen LogP contribution is -2.25. The summed E-state index contributed by atoms with van der Waals surface area (Å²) in [5, 5.41) is 8.32. The van der Waals surface area contributed by atoms with Crippen molar-refractivity contribution in [2.24, 2.45) is 20.2 Å². The highest BCUT2D eigenvalue weighted by Gasteiger charge is 2.35. The van der Waals surface area contributed by atoms with Crippen LogP contribution in [-0.4, -0.2) is 17.8 Å². The molecule has 0 saturated heterocycles. The molecule has 0 unspecified atom stereocenters. The quantitative estimate of drug-likeness (QED) is 0.480. The first-order chi connectivity index (χ1) is 10.6. The van der Waals surface area contributed by atoms with Gasteiger partial charge in [0.15, 0.2) is 0 Å². The van der Waals surface area contributed by atoms with Crippen LogP contribution in [0.2, 0.25) is 0 Å². The Labute approximate surface area is 131 Å². The molecule has 0 bridgehead atoms. The summed E-state index contributed by atoms with van der Waals surface area (Å²) < 4.78 is 0. The maximum Gasteiger partial charge on any atom is 0.237 e. The van der Waals surface area contributed by atoms with Gasteiger partial charge < -0.3 is 0 Å². The van der Waals surface area contributed by atoms with Gasteiger partial charge in [-0.3, -0.25) is 0 Å². The summed E-state index contributed by atoms with van der Waals surface area (Å²) in [7, 11) is 0. The molecule has 0 atom stereocenters. The average molecular weight is 315 g/mol. The minimum atomic E-state index is -1.48. The van der Waals surface area contributed by atoms with Crippen LogP contribution in [0, 0.1) is 6.92 Å². The third kappa shape index (κ3) is 3.32. The van der Waals surface area contributed by atoms with Crippen LogP contribution in [0.25, 0.3) is 0 Å². The molecular formula is C15H11ClN4O2. The van der Waals surface area contributed by atoms with Crippen molar-refractivity contribution in [2.75, 3.05) is 0 Å². The van der Waals surface area contributed by atoms with E-state index in [1.807, 2.05) is 31.2 Å². The SMILES string of the molecule is Cc1ccccc1N=NC1=CCC(N=C=O)(N=C=O)C(Cl)=C1. The van der Waals surface area contributed by atoms with E-state index in [4.69, 9.17) is 11.6 Å². The zero-order valence-corrected chi connectivity index (χ0v) is 12.4. The average Bonchev–Trinajstić information content (AvgIpc) is 2.50. The van der Waals surface area contributed by atoms with Crippen LogP contribution in [0.3, 0.4) is 0 Å². The standard InChI is InChI=1S/C15H11ClN4O2/c1-11-4-2-3-5-13(11)20-19-12-6-7-15(17-9-21,18-10-22)14(16)8-12/h2-6,8H,7H2,1H3. The first-order valence-electron chi connectivity index (χ1n) is 6.34. The van der Waals surface area contributed by atoms with E-state index in [9.17, 15) is 9.59 Å². The lowest BCUT2D eigenvalue weighted by molar-refractivity contribution is 0.506. The number of aliphatic imine (C=N–C) groups is 2. The van der Waals surface area contributed by atoms with Gasteiger partial charge in [0.05, 0.1) is 16.4 Å². The highest BCUT2D eigenvalue weighted by Crippen LogP contribution is 2.36. The van der Waals surface area contributed by atoms with E-state index in [-0.39, 0.29) is 11.5 Å². The number of rotatable bonds is 4. The van der Waals surface area contributed by atoms with Crippen LogP contribution in [0.5, 0.6) is 0 Å². The number of carbonyl (C=O) groups excluding carboxylic acids is 2. The van der Waals surface area contributed by atoms with Crippen molar-refractivity contribution in [2.45, 2.75) is 19.0 Å². The van der Waals surface area contributed by atoms with Gasteiger partial charge in [0.1, 0.15) is 0 Å². The fourth-order valence-corrected chi connectivity index (χ4v) is 2.15. The number of isocyanates is 2. The van der Waals surface area contributed by atoms with E-state index in [0.29, 0.717) is 5.70 Å². The van der Waals surface area contributed by atoms with Crippen molar-refractivity contribution >= 4 is 29.4 Å². The number of allylic oxidation sites excluding steroid dienone is 1. The molecule has 0 fully saturated rings. The number of halogens is 1. The van der Waals surface area contributed by atoms with Crippen LogP contribution < -0.4 is 0 Å². The van der Waals surface area contributed by atoms with E-state index in [2.05, 4.69) is 20.2 Å². The Bertz CT molecular complexity index is 752. The van der Waals surface area contributed by atoms with E-state index in [1.165, 1.54) is 18.2 Å². The number of nitrogens with zero attached hydrogens (tertiary/aromatic N) is 4. The van der Waals surface area contributed by atoms with Gasteiger partial charge in [0.2, 0.25) is 17.8 Å². The summed E-state index contributed by atoms with van der Waals surface area (Å²) >= 11 is 6.08. The lowest BCUT2D eigenvalue weighted by atomic mass is 10.0. The minimum absolute atomic E-state index is 0.0837. The molecule has 6 nitrogen and oxygen atoms in total. The van der Waals surface area contributed by atoms with E-state index < -0.39 is 5.66 Å². The summed E-state index contributed by atoms with van der Waals surface area (Å²) in [6, 6.07) is 7.54. The molecule has 22 heavy (non-hydrogen) atoms. The predicted octanol–water partition coefficient (Wildman–Crippen LogP) is 3.86. The van der Waals surface area contributed by atoms with Crippen LogP contribution in [0.1, 0.15) is 12.0 Å². The largest absolute Gasteiger partial charge is 0.237 e. The van der Waals surface area contributed by atoms with Gasteiger partial charge in [0, 0.05) is 6.42 Å². The molecule has 0 radical (unpaired) electrons. The number of benzene rings is 1. The van der Waals surface area contributed by atoms with Gasteiger partial charge in [-0.15, -0.1) is 0 Å². The van der Waals surface area contributed by atoms with Gasteiger partial charge in [-0.1, -0.05) is 35.9 Å². The van der Waals surface area contributed by atoms with Crippen molar-refractivity contribution < 1.29 is 9.59 Å². The Balaban J connectivity index is 2.27. The van der Waals surface area contributed by atoms with E-state index >= 15 is 0 Å². The van der Waals surface area contributed by atoms with E-state index in [0.717, 1.165) is 11.3 Å². The third-order valence-electron chi connectivity index (χ3n) is 3.10. The fourth-order valence-electron chi connectivity index (χ4n) is 1.88. The molecule has 7 heteroatoms. The molecular weight excluding hydrogens is 304 g/mol. The zero-order chi connectivity index (χ0) is 16.0. The second-order valence-electron chi connectivity index (χ2n) is 4.53. The summed E-state index contributed by atoms with van der Waals surface area (Å²) in [4.78, 5) is 28.0. The van der Waals surface area contributed by atoms with Gasteiger partial charge >= 0.3 is 0 Å². The predicted molar refractivity (Wildman–Crippen MR) is 81.3 cm³/mol. The Morgan fingerprint density at radius 2 is 1.82 bits per heavy atom. The first-order valence-corrected chi connectivity index (χ1v) is 6.72. The van der Waals surface area contributed by atoms with Crippen LogP contribution in [-0.2, 0) is 9.59 Å². The fraction of sp³-hybridized carbons (Fsp3) is 0.200. The molecule has 0 spiro atoms. The zero-order valence-electron chi connectivity index (χ0n) is 11.7. The second kappa shape index (κ2) is 6.87. The normalized spacial score (nSPS) is 20.6. The van der Waals surface area contributed by atoms with Crippen molar-refractivity contribution in [3.05, 3.63) is 52.7 Å². The lowest BCUT2D eigenvalue weighted by Gasteiger charge is -2.22. The van der Waals surface area contributed by atoms with Gasteiger partial charge in [-0.2, -0.15) is 20.2 Å². The van der Waals surface area contributed by atoms with Crippen molar-refractivity contribution in [3.63, 3.8) is 0 Å². The minimum Gasteiger partial charge on any atom is -0.211 e. The molecule has 1 aromatic carbocycles. The Morgan fingerprint density at radius 1 is 1.14 bits per heavy atom. The maximum atomic E-state index is 10.5. The van der Waals surface area contributed by atoms with Crippen molar-refractivity contribution in [3.8, 4) is 0 Å². The smallest absolute Gasteiger partial charge is 0.211 e. The molecule has 0 N–H and O–H groups in total. The summed E-state index contributed by atoms with van der Waals surface area (Å²) in [6.45, 7) is 1.93. The molecule has 0 aliphatic heterocycles. The van der Waals surface area contributed by atoms with Crippen LogP contribution in [0.15, 0.2) is 67.4 Å². The molecule has 0 heterocycles. The molecule has 110 valence electrons. The van der Waals surface area contributed by atoms with Crippen LogP contribution in [0.4, 0.5) is 5.69 Å². The van der Waals surface area contributed by atoms with Crippen LogP contribution >= 0.6 is 11.6 Å². The Kier molecular flexibility index (Phi) is 4.92. The molecule has 1 aliphatic rings. The first kappa shape index (κ1) is 15.7. The number of aryl methyl sites for hydroxylation is 1. The summed E-state index contributed by atoms with van der Waals surface area (Å²) in [5.41, 5.74) is 0.739. The molecule has 2 rings (SSSR count). The molecule has 0 amide bonds. The number of hydrogen-bond acceptors (Lipinski definition) is 6. The van der Waals surface area contributed by atoms with Gasteiger partial charge in [-0.05, 0) is 24.6 Å². The van der Waals surface area contributed by atoms with Gasteiger partial charge in [0.25, 0.3) is 0 Å². The number of hydrogen-bond donors (Lipinski definition) is 0. The van der Waals surface area contributed by atoms with Crippen molar-refractivity contribution in [1.82, 2.24) is 0 Å². The van der Waals surface area contributed by atoms with Crippen molar-refractivity contribution in [1.29, 1.82) is 0 Å². The summed E-state index contributed by atoms with van der Waals surface area (Å²) in [5.74, 6) is 0. The highest BCUT2D eigenvalue weighted by atomic mass is 35.5. The number of azo groups is 1. The molecule has 1 aliphatic carbocycles. The molecule has 1 aromatic rings. The monoisotopic (exact) mass is 314 g/mol.